The van der Waals surface area contributed by atoms with E-state index >= 15 is 0 Å². The highest BCUT2D eigenvalue weighted by Crippen LogP contribution is 2.43. The second-order valence-corrected chi connectivity index (χ2v) is 8.92. The first-order valence-electron chi connectivity index (χ1n) is 11.8. The summed E-state index contributed by atoms with van der Waals surface area (Å²) in [6, 6.07) is 8.89. The van der Waals surface area contributed by atoms with Gasteiger partial charge in [-0.25, -0.2) is 23.9 Å². The smallest absolute Gasteiger partial charge is 0.475 e. The van der Waals surface area contributed by atoms with Crippen molar-refractivity contribution in [3.8, 4) is 0 Å². The van der Waals surface area contributed by atoms with Crippen molar-refractivity contribution in [2.45, 2.75) is 44.3 Å². The molecule has 2 aromatic rings. The van der Waals surface area contributed by atoms with Crippen molar-refractivity contribution < 1.29 is 55.3 Å². The summed E-state index contributed by atoms with van der Waals surface area (Å²) in [4.78, 5) is 28.6. The summed E-state index contributed by atoms with van der Waals surface area (Å²) in [7, 11) is 0. The maximum absolute atomic E-state index is 14.0. The monoisotopic (exact) mass is 584 g/mol. The number of benzene rings is 1. The maximum Gasteiger partial charge on any atom is 0.490 e. The number of likely N-dealkylation sites (tertiary alicyclic amines) is 1. The Balaban J connectivity index is 0.000000333. The highest BCUT2D eigenvalue weighted by molar-refractivity contribution is 5.73. The largest absolute Gasteiger partial charge is 0.490 e. The fourth-order valence-corrected chi connectivity index (χ4v) is 4.32. The van der Waals surface area contributed by atoms with Gasteiger partial charge in [-0.05, 0) is 31.4 Å². The Bertz CT molecular complexity index is 1080. The third-order valence-electron chi connectivity index (χ3n) is 6.16. The standard InChI is InChI=1S/C20H25FN4O.2C2HF3O2/c21-17-5-2-1-4-16(17)14-25-12-6-18-20(15-25,8-13-26-18)7-11-24-19-22-9-3-10-23-19;2*3-2(4,5)1(6)7/h1-5,9-10,18H,6-8,11-15H2,(H,22,23,24);2*(H,6,7)/t18-,20+;;/m1../s1. The van der Waals surface area contributed by atoms with Crippen LogP contribution >= 0.6 is 0 Å². The van der Waals surface area contributed by atoms with Crippen LogP contribution in [0.5, 0.6) is 0 Å². The zero-order chi connectivity index (χ0) is 30.0. The molecule has 2 aliphatic rings. The number of carboxylic acids is 2. The second kappa shape index (κ2) is 14.2. The molecule has 0 aliphatic carbocycles. The zero-order valence-corrected chi connectivity index (χ0v) is 20.9. The van der Waals surface area contributed by atoms with E-state index in [1.54, 1.807) is 24.5 Å². The van der Waals surface area contributed by atoms with Gasteiger partial charge in [0.1, 0.15) is 5.82 Å². The van der Waals surface area contributed by atoms with Crippen LogP contribution in [-0.2, 0) is 20.9 Å². The first-order chi connectivity index (χ1) is 18.6. The number of carboxylic acid groups (broad SMARTS) is 2. The lowest BCUT2D eigenvalue weighted by atomic mass is 9.74. The minimum absolute atomic E-state index is 0.116. The normalized spacial score (nSPS) is 20.7. The third-order valence-corrected chi connectivity index (χ3v) is 6.16. The lowest BCUT2D eigenvalue weighted by molar-refractivity contribution is -0.193. The molecule has 0 bridgehead atoms. The van der Waals surface area contributed by atoms with Gasteiger partial charge in [0.05, 0.1) is 6.10 Å². The number of aromatic nitrogens is 2. The molecule has 222 valence electrons. The fraction of sp³-hybridized carbons (Fsp3) is 0.500. The van der Waals surface area contributed by atoms with E-state index in [9.17, 15) is 30.7 Å². The highest BCUT2D eigenvalue weighted by Gasteiger charge is 2.47. The number of alkyl halides is 6. The molecule has 16 heteroatoms. The van der Waals surface area contributed by atoms with Crippen LogP contribution in [0.1, 0.15) is 24.8 Å². The predicted octanol–water partition coefficient (Wildman–Crippen LogP) is 4.37. The van der Waals surface area contributed by atoms with Crippen LogP contribution in [0.25, 0.3) is 0 Å². The molecule has 0 saturated carbocycles. The number of ether oxygens (including phenoxy) is 1. The van der Waals surface area contributed by atoms with Crippen LogP contribution in [0.15, 0.2) is 42.7 Å². The molecule has 2 atom stereocenters. The van der Waals surface area contributed by atoms with E-state index < -0.39 is 24.3 Å². The summed E-state index contributed by atoms with van der Waals surface area (Å²) >= 11 is 0. The Hall–Kier alpha value is -3.53. The van der Waals surface area contributed by atoms with Gasteiger partial charge < -0.3 is 20.3 Å². The third kappa shape index (κ3) is 10.2. The number of halogens is 7. The van der Waals surface area contributed by atoms with Gasteiger partial charge in [-0.15, -0.1) is 0 Å². The van der Waals surface area contributed by atoms with Crippen molar-refractivity contribution in [3.05, 3.63) is 54.1 Å². The molecule has 2 fully saturated rings. The van der Waals surface area contributed by atoms with Crippen molar-refractivity contribution in [3.63, 3.8) is 0 Å². The molecule has 0 amide bonds. The number of aliphatic carboxylic acids is 2. The Morgan fingerprint density at radius 2 is 1.60 bits per heavy atom. The molecule has 3 N–H and O–H groups in total. The minimum Gasteiger partial charge on any atom is -0.475 e. The number of hydrogen-bond acceptors (Lipinski definition) is 7. The molecule has 2 aliphatic heterocycles. The van der Waals surface area contributed by atoms with Crippen molar-refractivity contribution in [1.82, 2.24) is 14.9 Å². The van der Waals surface area contributed by atoms with Gasteiger partial charge in [0, 0.05) is 56.2 Å². The molecular weight excluding hydrogens is 557 g/mol. The van der Waals surface area contributed by atoms with E-state index in [1.165, 1.54) is 0 Å². The summed E-state index contributed by atoms with van der Waals surface area (Å²) < 4.78 is 83.5. The van der Waals surface area contributed by atoms with Crippen LogP contribution in [0.2, 0.25) is 0 Å². The number of fused-ring (bicyclic) bond motifs is 1. The number of nitrogens with zero attached hydrogens (tertiary/aromatic N) is 3. The Labute approximate surface area is 224 Å². The van der Waals surface area contributed by atoms with E-state index in [4.69, 9.17) is 24.5 Å². The van der Waals surface area contributed by atoms with Crippen LogP contribution in [0.3, 0.4) is 0 Å². The van der Waals surface area contributed by atoms with Crippen molar-refractivity contribution in [2.24, 2.45) is 5.41 Å². The number of carbonyl (C=O) groups is 2. The van der Waals surface area contributed by atoms with Crippen LogP contribution in [-0.4, -0.2) is 81.7 Å². The molecule has 3 heterocycles. The number of rotatable bonds is 6. The second-order valence-electron chi connectivity index (χ2n) is 8.92. The van der Waals surface area contributed by atoms with Gasteiger partial charge in [-0.1, -0.05) is 18.2 Å². The first kappa shape index (κ1) is 32.7. The van der Waals surface area contributed by atoms with Crippen molar-refractivity contribution >= 4 is 17.9 Å². The van der Waals surface area contributed by atoms with Crippen molar-refractivity contribution in [2.75, 3.05) is 31.6 Å². The molecule has 9 nitrogen and oxygen atoms in total. The van der Waals surface area contributed by atoms with Gasteiger partial charge in [0.15, 0.2) is 0 Å². The van der Waals surface area contributed by atoms with Gasteiger partial charge in [-0.2, -0.15) is 26.3 Å². The van der Waals surface area contributed by atoms with Gasteiger partial charge in [0.2, 0.25) is 5.95 Å². The van der Waals surface area contributed by atoms with E-state index in [0.717, 1.165) is 51.1 Å². The number of anilines is 1. The minimum atomic E-state index is -5.08. The Kier molecular flexibility index (Phi) is 11.6. The molecule has 1 aromatic heterocycles. The summed E-state index contributed by atoms with van der Waals surface area (Å²) in [6.07, 6.45) is -3.31. The Morgan fingerprint density at radius 3 is 2.15 bits per heavy atom. The number of piperidine rings is 1. The van der Waals surface area contributed by atoms with Gasteiger partial charge in [0.25, 0.3) is 0 Å². The zero-order valence-electron chi connectivity index (χ0n) is 20.9. The molecule has 40 heavy (non-hydrogen) atoms. The number of nitrogens with one attached hydrogen (secondary N) is 1. The fourth-order valence-electron chi connectivity index (χ4n) is 4.32. The van der Waals surface area contributed by atoms with E-state index in [1.807, 2.05) is 18.2 Å². The Morgan fingerprint density at radius 1 is 1.02 bits per heavy atom. The highest BCUT2D eigenvalue weighted by atomic mass is 19.4. The van der Waals surface area contributed by atoms with Gasteiger partial charge >= 0.3 is 24.3 Å². The molecule has 0 radical (unpaired) electrons. The van der Waals surface area contributed by atoms with Gasteiger partial charge in [-0.3, -0.25) is 4.90 Å². The number of hydrogen-bond donors (Lipinski definition) is 3. The van der Waals surface area contributed by atoms with Crippen molar-refractivity contribution in [1.29, 1.82) is 0 Å². The molecular formula is C24H27F7N4O5. The molecule has 1 aromatic carbocycles. The molecule has 4 rings (SSSR count). The predicted molar refractivity (Wildman–Crippen MR) is 126 cm³/mol. The van der Waals surface area contributed by atoms with Crippen LogP contribution in [0, 0.1) is 11.2 Å². The summed E-state index contributed by atoms with van der Waals surface area (Å²) in [5.41, 5.74) is 0.904. The summed E-state index contributed by atoms with van der Waals surface area (Å²) in [5, 5.41) is 17.6. The average molecular weight is 584 g/mol. The summed E-state index contributed by atoms with van der Waals surface area (Å²) in [5.74, 6) is -4.97. The summed E-state index contributed by atoms with van der Waals surface area (Å²) in [6.45, 7) is 4.20. The SMILES string of the molecule is Fc1ccccc1CN1CC[C@H]2OCC[C@@]2(CCNc2ncccn2)C1.O=C(O)C(F)(F)F.O=C(O)C(F)(F)F. The topological polar surface area (TPSA) is 125 Å². The van der Waals surface area contributed by atoms with Crippen LogP contribution in [0.4, 0.5) is 36.7 Å². The van der Waals surface area contributed by atoms with E-state index in [0.29, 0.717) is 18.6 Å². The van der Waals surface area contributed by atoms with E-state index in [-0.39, 0.29) is 11.2 Å². The quantitative estimate of drug-likeness (QED) is 0.425. The first-order valence-corrected chi connectivity index (χ1v) is 11.8. The molecule has 0 unspecified atom stereocenters. The lowest BCUT2D eigenvalue weighted by Crippen LogP contribution is -2.50. The molecule has 0 spiro atoms. The molecule has 2 saturated heterocycles. The average Bonchev–Trinajstić information content (AvgIpc) is 3.29. The maximum atomic E-state index is 14.0. The van der Waals surface area contributed by atoms with Crippen LogP contribution < -0.4 is 5.32 Å². The van der Waals surface area contributed by atoms with E-state index in [2.05, 4.69) is 20.2 Å². The lowest BCUT2D eigenvalue weighted by Gasteiger charge is -2.44.